The first-order valence-corrected chi connectivity index (χ1v) is 9.11. The van der Waals surface area contributed by atoms with E-state index in [1.807, 2.05) is 41.1 Å². The molecular formula is C20H24N4O2. The first-order chi connectivity index (χ1) is 12.6. The number of hydrogen-bond donors (Lipinski definition) is 2. The molecule has 1 fully saturated rings. The maximum absolute atomic E-state index is 9.90. The summed E-state index contributed by atoms with van der Waals surface area (Å²) in [5, 5.41) is 15.3. The van der Waals surface area contributed by atoms with Crippen LogP contribution in [-0.2, 0) is 6.61 Å². The van der Waals surface area contributed by atoms with Gasteiger partial charge in [0.2, 0.25) is 5.88 Å². The van der Waals surface area contributed by atoms with Crippen molar-refractivity contribution >= 4 is 16.7 Å². The Bertz CT molecular complexity index is 893. The molecule has 1 aromatic carbocycles. The van der Waals surface area contributed by atoms with E-state index in [2.05, 4.69) is 17.0 Å². The minimum atomic E-state index is -0.216. The zero-order chi connectivity index (χ0) is 18.1. The topological polar surface area (TPSA) is 86.2 Å². The third kappa shape index (κ3) is 3.12. The van der Waals surface area contributed by atoms with Gasteiger partial charge in [-0.25, -0.2) is 4.98 Å². The Morgan fingerprint density at radius 2 is 2.04 bits per heavy atom. The van der Waals surface area contributed by atoms with Crippen molar-refractivity contribution in [2.45, 2.75) is 44.9 Å². The van der Waals surface area contributed by atoms with E-state index in [4.69, 9.17) is 10.5 Å². The van der Waals surface area contributed by atoms with Crippen LogP contribution in [0.4, 0.5) is 5.82 Å². The molecule has 2 aromatic heterocycles. The maximum Gasteiger partial charge on any atom is 0.227 e. The van der Waals surface area contributed by atoms with E-state index >= 15 is 0 Å². The Labute approximate surface area is 152 Å². The van der Waals surface area contributed by atoms with Gasteiger partial charge >= 0.3 is 0 Å². The van der Waals surface area contributed by atoms with E-state index in [1.165, 1.54) is 0 Å². The predicted octanol–water partition coefficient (Wildman–Crippen LogP) is 3.31. The smallest absolute Gasteiger partial charge is 0.227 e. The Balaban J connectivity index is 1.66. The van der Waals surface area contributed by atoms with Gasteiger partial charge in [0.05, 0.1) is 17.7 Å². The van der Waals surface area contributed by atoms with E-state index in [1.54, 1.807) is 6.20 Å². The molecule has 0 spiro atoms. The van der Waals surface area contributed by atoms with E-state index in [0.29, 0.717) is 24.2 Å². The molecule has 0 amide bonds. The lowest BCUT2D eigenvalue weighted by atomic mass is 9.84. The van der Waals surface area contributed by atoms with Gasteiger partial charge in [-0.1, -0.05) is 37.3 Å². The molecule has 6 heteroatoms. The number of nitrogens with two attached hydrogens (primary N) is 1. The molecule has 3 N–H and O–H groups in total. The zero-order valence-corrected chi connectivity index (χ0v) is 14.9. The summed E-state index contributed by atoms with van der Waals surface area (Å²) >= 11 is 0. The number of fused-ring (bicyclic) bond motifs is 1. The number of nitrogens with zero attached hydrogens (tertiary/aromatic N) is 3. The number of nitrogen functional groups attached to an aromatic ring is 1. The van der Waals surface area contributed by atoms with Crippen LogP contribution in [-0.4, -0.2) is 26.0 Å². The second kappa shape index (κ2) is 6.96. The van der Waals surface area contributed by atoms with Crippen LogP contribution in [0.1, 0.15) is 37.8 Å². The maximum atomic E-state index is 9.90. The average molecular weight is 352 g/mol. The van der Waals surface area contributed by atoms with Gasteiger partial charge in [0.15, 0.2) is 5.82 Å². The van der Waals surface area contributed by atoms with Crippen molar-refractivity contribution in [2.24, 2.45) is 5.92 Å². The van der Waals surface area contributed by atoms with Crippen molar-refractivity contribution in [3.8, 4) is 5.88 Å². The van der Waals surface area contributed by atoms with Crippen LogP contribution < -0.4 is 10.5 Å². The molecule has 3 unspecified atom stereocenters. The normalized spacial score (nSPS) is 23.2. The number of aliphatic hydroxyl groups excluding tert-OH is 1. The van der Waals surface area contributed by atoms with Crippen molar-refractivity contribution in [1.82, 2.24) is 14.8 Å². The van der Waals surface area contributed by atoms with Gasteiger partial charge in [0, 0.05) is 6.20 Å². The van der Waals surface area contributed by atoms with Gasteiger partial charge in [-0.2, -0.15) is 5.10 Å². The highest BCUT2D eigenvalue weighted by atomic mass is 16.5. The van der Waals surface area contributed by atoms with Crippen molar-refractivity contribution in [3.63, 3.8) is 0 Å². The highest BCUT2D eigenvalue weighted by Crippen LogP contribution is 2.38. The fourth-order valence-electron chi connectivity index (χ4n) is 3.89. The summed E-state index contributed by atoms with van der Waals surface area (Å²) in [6.07, 6.45) is 3.99. The number of ether oxygens (including phenoxy) is 1. The molecular weight excluding hydrogens is 328 g/mol. The van der Waals surface area contributed by atoms with Crippen molar-refractivity contribution in [2.75, 3.05) is 5.73 Å². The minimum absolute atomic E-state index is 0.216. The second-order valence-electron chi connectivity index (χ2n) is 7.13. The van der Waals surface area contributed by atoms with Crippen LogP contribution in [0.5, 0.6) is 5.88 Å². The molecule has 0 aliphatic heterocycles. The second-order valence-corrected chi connectivity index (χ2v) is 7.13. The fraction of sp³-hybridized carbons (Fsp3) is 0.400. The van der Waals surface area contributed by atoms with Gasteiger partial charge in [-0.3, -0.25) is 4.68 Å². The summed E-state index contributed by atoms with van der Waals surface area (Å²) in [4.78, 5) is 4.38. The average Bonchev–Trinajstić information content (AvgIpc) is 2.98. The summed E-state index contributed by atoms with van der Waals surface area (Å²) in [6, 6.07) is 12.1. The Hall–Kier alpha value is -2.60. The Morgan fingerprint density at radius 3 is 2.81 bits per heavy atom. The Morgan fingerprint density at radius 1 is 1.23 bits per heavy atom. The van der Waals surface area contributed by atoms with Crippen LogP contribution in [0.2, 0.25) is 0 Å². The van der Waals surface area contributed by atoms with Crippen molar-refractivity contribution in [1.29, 1.82) is 0 Å². The minimum Gasteiger partial charge on any atom is -0.472 e. The zero-order valence-electron chi connectivity index (χ0n) is 14.9. The van der Waals surface area contributed by atoms with Gasteiger partial charge in [-0.15, -0.1) is 0 Å². The third-order valence-electron chi connectivity index (χ3n) is 5.24. The Kier molecular flexibility index (Phi) is 4.51. The SMILES string of the molecule is CC1CC(O)CCC1n1nc(N)c2c(OCc3ccccc3)nccc21. The molecule has 1 aliphatic rings. The first kappa shape index (κ1) is 16.8. The van der Waals surface area contributed by atoms with Gasteiger partial charge < -0.3 is 15.6 Å². The number of pyridine rings is 1. The highest BCUT2D eigenvalue weighted by Gasteiger charge is 2.30. The van der Waals surface area contributed by atoms with E-state index in [0.717, 1.165) is 35.7 Å². The van der Waals surface area contributed by atoms with Crippen LogP contribution in [0.3, 0.4) is 0 Å². The van der Waals surface area contributed by atoms with Gasteiger partial charge in [0.1, 0.15) is 12.0 Å². The number of hydrogen-bond acceptors (Lipinski definition) is 5. The number of rotatable bonds is 4. The summed E-state index contributed by atoms with van der Waals surface area (Å²) in [5.74, 6) is 1.29. The van der Waals surface area contributed by atoms with Crippen molar-refractivity contribution in [3.05, 3.63) is 48.2 Å². The third-order valence-corrected chi connectivity index (χ3v) is 5.24. The lowest BCUT2D eigenvalue weighted by Gasteiger charge is -2.32. The molecule has 3 aromatic rings. The largest absolute Gasteiger partial charge is 0.472 e. The van der Waals surface area contributed by atoms with Crippen LogP contribution >= 0.6 is 0 Å². The van der Waals surface area contributed by atoms with E-state index in [-0.39, 0.29) is 12.1 Å². The molecule has 6 nitrogen and oxygen atoms in total. The highest BCUT2D eigenvalue weighted by molar-refractivity contribution is 5.93. The molecule has 1 aliphatic carbocycles. The molecule has 3 atom stereocenters. The summed E-state index contributed by atoms with van der Waals surface area (Å²) in [7, 11) is 0. The van der Waals surface area contributed by atoms with Gasteiger partial charge in [-0.05, 0) is 36.8 Å². The summed E-state index contributed by atoms with van der Waals surface area (Å²) in [6.45, 7) is 2.59. The van der Waals surface area contributed by atoms with Crippen LogP contribution in [0.15, 0.2) is 42.6 Å². The number of anilines is 1. The first-order valence-electron chi connectivity index (χ1n) is 9.11. The molecule has 26 heavy (non-hydrogen) atoms. The summed E-state index contributed by atoms with van der Waals surface area (Å²) in [5.41, 5.74) is 8.24. The fourth-order valence-corrected chi connectivity index (χ4v) is 3.89. The number of aromatic nitrogens is 3. The molecule has 1 saturated carbocycles. The number of aliphatic hydroxyl groups is 1. The van der Waals surface area contributed by atoms with Crippen molar-refractivity contribution < 1.29 is 9.84 Å². The molecule has 2 heterocycles. The molecule has 136 valence electrons. The van der Waals surface area contributed by atoms with E-state index < -0.39 is 0 Å². The molecule has 4 rings (SSSR count). The summed E-state index contributed by atoms with van der Waals surface area (Å²) < 4.78 is 7.94. The quantitative estimate of drug-likeness (QED) is 0.752. The lowest BCUT2D eigenvalue weighted by molar-refractivity contribution is 0.0762. The molecule has 0 saturated heterocycles. The van der Waals surface area contributed by atoms with Crippen LogP contribution in [0, 0.1) is 5.92 Å². The monoisotopic (exact) mass is 352 g/mol. The lowest BCUT2D eigenvalue weighted by Crippen LogP contribution is -2.28. The predicted molar refractivity (Wildman–Crippen MR) is 101 cm³/mol. The van der Waals surface area contributed by atoms with Crippen LogP contribution in [0.25, 0.3) is 10.9 Å². The standard InChI is InChI=1S/C20H24N4O2/c1-13-11-15(25)7-8-16(13)24-17-9-10-22-20(18(17)19(21)23-24)26-12-14-5-3-2-4-6-14/h2-6,9-10,13,15-16,25H,7-8,11-12H2,1H3,(H2,21,23). The van der Waals surface area contributed by atoms with E-state index in [9.17, 15) is 5.11 Å². The molecule has 0 bridgehead atoms. The van der Waals surface area contributed by atoms with Gasteiger partial charge in [0.25, 0.3) is 0 Å². The number of benzene rings is 1. The molecule has 0 radical (unpaired) electrons.